The molecule has 0 amide bonds. The van der Waals surface area contributed by atoms with E-state index >= 15 is 0 Å². The lowest BCUT2D eigenvalue weighted by Crippen LogP contribution is -2.05. The average molecular weight is 253 g/mol. The lowest BCUT2D eigenvalue weighted by molar-refractivity contribution is -0.137. The number of hydrogen-bond donors (Lipinski definition) is 1. The lowest BCUT2D eigenvalue weighted by Gasteiger charge is -2.09. The van der Waals surface area contributed by atoms with E-state index in [1.165, 1.54) is 6.07 Å². The van der Waals surface area contributed by atoms with Crippen LogP contribution >= 0.6 is 0 Å². The number of nitrogen functional groups attached to an aromatic ring is 1. The van der Waals surface area contributed by atoms with E-state index in [4.69, 9.17) is 5.73 Å². The molecule has 18 heavy (non-hydrogen) atoms. The van der Waals surface area contributed by atoms with Crippen molar-refractivity contribution in [2.45, 2.75) is 13.1 Å². The van der Waals surface area contributed by atoms with Gasteiger partial charge in [0.25, 0.3) is 0 Å². The Labute approximate surface area is 101 Å². The fourth-order valence-electron chi connectivity index (χ4n) is 1.59. The van der Waals surface area contributed by atoms with Gasteiger partial charge in [-0.2, -0.15) is 13.2 Å². The Bertz CT molecular complexity index is 559. The molecular formula is C12H10F3N3. The van der Waals surface area contributed by atoms with Crippen molar-refractivity contribution in [3.8, 4) is 11.3 Å². The van der Waals surface area contributed by atoms with Crippen LogP contribution in [0.2, 0.25) is 0 Å². The summed E-state index contributed by atoms with van der Waals surface area (Å²) in [4.78, 5) is 7.80. The topological polar surface area (TPSA) is 51.8 Å². The van der Waals surface area contributed by atoms with E-state index in [1.54, 1.807) is 19.1 Å². The van der Waals surface area contributed by atoms with Gasteiger partial charge in [-0.1, -0.05) is 12.1 Å². The minimum absolute atomic E-state index is 0.0439. The number of benzene rings is 1. The molecule has 0 saturated carbocycles. The summed E-state index contributed by atoms with van der Waals surface area (Å²) in [7, 11) is 0. The summed E-state index contributed by atoms with van der Waals surface area (Å²) in [5.74, 6) is 0.0439. The van der Waals surface area contributed by atoms with Gasteiger partial charge in [0.1, 0.15) is 0 Å². The summed E-state index contributed by atoms with van der Waals surface area (Å²) >= 11 is 0. The summed E-state index contributed by atoms with van der Waals surface area (Å²) in [5, 5.41) is 0. The largest absolute Gasteiger partial charge is 0.416 e. The Balaban J connectivity index is 2.51. The standard InChI is InChI=1S/C12H10F3N3/c1-7-5-10(18-11(16)17-7)8-3-2-4-9(6-8)12(13,14)15/h2-6H,1H3,(H2,16,17,18). The molecule has 0 radical (unpaired) electrons. The second-order valence-corrected chi connectivity index (χ2v) is 3.83. The fourth-order valence-corrected chi connectivity index (χ4v) is 1.59. The van der Waals surface area contributed by atoms with E-state index in [1.807, 2.05) is 0 Å². The van der Waals surface area contributed by atoms with Crippen LogP contribution < -0.4 is 5.73 Å². The van der Waals surface area contributed by atoms with Gasteiger partial charge in [-0.15, -0.1) is 0 Å². The van der Waals surface area contributed by atoms with Gasteiger partial charge in [-0.25, -0.2) is 9.97 Å². The molecule has 1 heterocycles. The van der Waals surface area contributed by atoms with Crippen molar-refractivity contribution in [2.75, 3.05) is 5.73 Å². The Morgan fingerprint density at radius 2 is 1.83 bits per heavy atom. The van der Waals surface area contributed by atoms with Crippen LogP contribution in [0.1, 0.15) is 11.3 Å². The molecule has 0 aliphatic rings. The summed E-state index contributed by atoms with van der Waals surface area (Å²) in [6.45, 7) is 1.70. The fraction of sp³-hybridized carbons (Fsp3) is 0.167. The van der Waals surface area contributed by atoms with Crippen molar-refractivity contribution in [1.82, 2.24) is 9.97 Å². The molecule has 0 atom stereocenters. The van der Waals surface area contributed by atoms with E-state index in [0.29, 0.717) is 17.0 Å². The number of alkyl halides is 3. The molecule has 6 heteroatoms. The highest BCUT2D eigenvalue weighted by atomic mass is 19.4. The first kappa shape index (κ1) is 12.3. The summed E-state index contributed by atoms with van der Waals surface area (Å²) in [5.41, 5.74) is 6.11. The van der Waals surface area contributed by atoms with Crippen molar-refractivity contribution in [2.24, 2.45) is 0 Å². The number of nitrogens with two attached hydrogens (primary N) is 1. The van der Waals surface area contributed by atoms with Crippen molar-refractivity contribution in [1.29, 1.82) is 0 Å². The third-order valence-electron chi connectivity index (χ3n) is 2.36. The number of hydrogen-bond acceptors (Lipinski definition) is 3. The summed E-state index contributed by atoms with van der Waals surface area (Å²) in [6, 6.07) is 6.54. The highest BCUT2D eigenvalue weighted by Gasteiger charge is 2.30. The van der Waals surface area contributed by atoms with Gasteiger partial charge in [-0.3, -0.25) is 0 Å². The van der Waals surface area contributed by atoms with Crippen LogP contribution in [0.15, 0.2) is 30.3 Å². The molecule has 0 spiro atoms. The molecule has 2 rings (SSSR count). The normalized spacial score (nSPS) is 11.6. The maximum atomic E-state index is 12.6. The second-order valence-electron chi connectivity index (χ2n) is 3.83. The van der Waals surface area contributed by atoms with Crippen LogP contribution in [-0.4, -0.2) is 9.97 Å². The van der Waals surface area contributed by atoms with Crippen molar-refractivity contribution < 1.29 is 13.2 Å². The Kier molecular flexibility index (Phi) is 2.94. The van der Waals surface area contributed by atoms with Gasteiger partial charge in [0.15, 0.2) is 0 Å². The minimum atomic E-state index is -4.37. The molecule has 2 aromatic rings. The molecule has 1 aromatic carbocycles. The van der Waals surface area contributed by atoms with Crippen molar-refractivity contribution in [3.05, 3.63) is 41.6 Å². The molecule has 0 bridgehead atoms. The number of nitrogens with zero attached hydrogens (tertiary/aromatic N) is 2. The Morgan fingerprint density at radius 1 is 1.11 bits per heavy atom. The van der Waals surface area contributed by atoms with E-state index < -0.39 is 11.7 Å². The zero-order chi connectivity index (χ0) is 13.3. The zero-order valence-corrected chi connectivity index (χ0v) is 9.49. The van der Waals surface area contributed by atoms with Crippen LogP contribution in [0.3, 0.4) is 0 Å². The molecular weight excluding hydrogens is 243 g/mol. The molecule has 0 unspecified atom stereocenters. The maximum Gasteiger partial charge on any atom is 0.416 e. The van der Waals surface area contributed by atoms with Crippen LogP contribution in [-0.2, 0) is 6.18 Å². The predicted molar refractivity (Wildman–Crippen MR) is 61.6 cm³/mol. The molecule has 0 aliphatic carbocycles. The summed E-state index contributed by atoms with van der Waals surface area (Å²) < 4.78 is 37.8. The molecule has 94 valence electrons. The first-order valence-corrected chi connectivity index (χ1v) is 5.15. The van der Waals surface area contributed by atoms with Crippen LogP contribution in [0.25, 0.3) is 11.3 Å². The molecule has 3 nitrogen and oxygen atoms in total. The van der Waals surface area contributed by atoms with E-state index in [2.05, 4.69) is 9.97 Å². The molecule has 2 N–H and O–H groups in total. The first-order valence-electron chi connectivity index (χ1n) is 5.15. The van der Waals surface area contributed by atoms with Gasteiger partial charge in [0.2, 0.25) is 5.95 Å². The number of anilines is 1. The SMILES string of the molecule is Cc1cc(-c2cccc(C(F)(F)F)c2)nc(N)n1. The predicted octanol–water partition coefficient (Wildman–Crippen LogP) is 3.05. The third kappa shape index (κ3) is 2.58. The van der Waals surface area contributed by atoms with Crippen LogP contribution in [0.4, 0.5) is 19.1 Å². The van der Waals surface area contributed by atoms with Crippen LogP contribution in [0.5, 0.6) is 0 Å². The first-order chi connectivity index (χ1) is 8.36. The third-order valence-corrected chi connectivity index (χ3v) is 2.36. The van der Waals surface area contributed by atoms with Crippen molar-refractivity contribution in [3.63, 3.8) is 0 Å². The smallest absolute Gasteiger partial charge is 0.368 e. The van der Waals surface area contributed by atoms with Gasteiger partial charge in [0.05, 0.1) is 11.3 Å². The molecule has 0 saturated heterocycles. The number of aromatic nitrogens is 2. The lowest BCUT2D eigenvalue weighted by atomic mass is 10.1. The van der Waals surface area contributed by atoms with Crippen molar-refractivity contribution >= 4 is 5.95 Å². The molecule has 0 aliphatic heterocycles. The average Bonchev–Trinajstić information content (AvgIpc) is 2.27. The number of rotatable bonds is 1. The van der Waals surface area contributed by atoms with E-state index in [9.17, 15) is 13.2 Å². The Morgan fingerprint density at radius 3 is 2.44 bits per heavy atom. The van der Waals surface area contributed by atoms with Gasteiger partial charge < -0.3 is 5.73 Å². The number of aryl methyl sites for hydroxylation is 1. The van der Waals surface area contributed by atoms with Gasteiger partial charge in [-0.05, 0) is 25.1 Å². The number of halogens is 3. The van der Waals surface area contributed by atoms with Gasteiger partial charge >= 0.3 is 6.18 Å². The van der Waals surface area contributed by atoms with Gasteiger partial charge in [0, 0.05) is 11.3 Å². The van der Waals surface area contributed by atoms with E-state index in [-0.39, 0.29) is 5.95 Å². The highest BCUT2D eigenvalue weighted by Crippen LogP contribution is 2.31. The van der Waals surface area contributed by atoms with Crippen LogP contribution in [0, 0.1) is 6.92 Å². The van der Waals surface area contributed by atoms with E-state index in [0.717, 1.165) is 12.1 Å². The second kappa shape index (κ2) is 4.29. The minimum Gasteiger partial charge on any atom is -0.368 e. The highest BCUT2D eigenvalue weighted by molar-refractivity contribution is 5.61. The Hall–Kier alpha value is -2.11. The summed E-state index contributed by atoms with van der Waals surface area (Å²) in [6.07, 6.45) is -4.37. The molecule has 1 aromatic heterocycles. The quantitative estimate of drug-likeness (QED) is 0.849. The molecule has 0 fully saturated rings. The maximum absolute atomic E-state index is 12.6. The monoisotopic (exact) mass is 253 g/mol. The zero-order valence-electron chi connectivity index (χ0n) is 9.49.